The number of hydrogen-bond acceptors (Lipinski definition) is 0. The van der Waals surface area contributed by atoms with E-state index in [-0.39, 0.29) is 0 Å². The van der Waals surface area contributed by atoms with Crippen molar-refractivity contribution in [1.82, 2.24) is 0 Å². The van der Waals surface area contributed by atoms with Gasteiger partial charge in [-0.1, -0.05) is 86.0 Å². The smallest absolute Gasteiger partial charge is 0.103 e. The van der Waals surface area contributed by atoms with E-state index < -0.39 is 6.17 Å². The number of rotatable bonds is 16. The minimum atomic E-state index is -0.450. The highest BCUT2D eigenvalue weighted by Crippen LogP contribution is 2.60. The average molecular weight is 461 g/mol. The molecule has 4 rings (SSSR count). The topological polar surface area (TPSA) is 0 Å². The molecule has 0 N–H and O–H groups in total. The second-order valence-electron chi connectivity index (χ2n) is 13.6. The zero-order valence-corrected chi connectivity index (χ0v) is 22.9. The van der Waals surface area contributed by atoms with Crippen LogP contribution in [-0.4, -0.2) is 6.17 Å². The van der Waals surface area contributed by atoms with E-state index in [1.807, 2.05) is 0 Å². The molecule has 0 radical (unpaired) electrons. The molecule has 11 atom stereocenters. The van der Waals surface area contributed by atoms with Crippen molar-refractivity contribution in [2.75, 3.05) is 0 Å². The van der Waals surface area contributed by atoms with Gasteiger partial charge in [0.05, 0.1) is 0 Å². The molecule has 0 saturated heterocycles. The summed E-state index contributed by atoms with van der Waals surface area (Å²) in [4.78, 5) is 0. The number of hydrogen-bond donors (Lipinski definition) is 0. The van der Waals surface area contributed by atoms with Gasteiger partial charge in [-0.25, -0.2) is 4.39 Å². The fraction of sp³-hybridized carbons (Fsp3) is 1.00. The zero-order valence-electron chi connectivity index (χ0n) is 22.9. The third-order valence-electron chi connectivity index (χ3n) is 11.7. The third kappa shape index (κ3) is 6.39. The van der Waals surface area contributed by atoms with Crippen LogP contribution < -0.4 is 0 Å². The van der Waals surface area contributed by atoms with Gasteiger partial charge in [0.2, 0.25) is 0 Å². The van der Waals surface area contributed by atoms with Crippen molar-refractivity contribution in [3.8, 4) is 0 Å². The Hall–Kier alpha value is -0.0700. The summed E-state index contributed by atoms with van der Waals surface area (Å²) < 4.78 is 13.3. The summed E-state index contributed by atoms with van der Waals surface area (Å²) in [6.07, 6.45) is 20.4. The monoisotopic (exact) mass is 460 g/mol. The molecule has 4 aliphatic carbocycles. The maximum absolute atomic E-state index is 13.3. The second-order valence-corrected chi connectivity index (χ2v) is 13.6. The van der Waals surface area contributed by atoms with Gasteiger partial charge in [0.1, 0.15) is 6.17 Å². The summed E-state index contributed by atoms with van der Waals surface area (Å²) in [6, 6.07) is 0. The van der Waals surface area contributed by atoms with Crippen LogP contribution >= 0.6 is 0 Å². The van der Waals surface area contributed by atoms with Crippen LogP contribution in [0.1, 0.15) is 131 Å². The Balaban J connectivity index is 1.25. The Morgan fingerprint density at radius 1 is 0.788 bits per heavy atom. The van der Waals surface area contributed by atoms with Crippen LogP contribution in [0.5, 0.6) is 0 Å². The largest absolute Gasteiger partial charge is 0.247 e. The molecule has 0 aromatic carbocycles. The van der Waals surface area contributed by atoms with Gasteiger partial charge in [-0.2, -0.15) is 0 Å². The van der Waals surface area contributed by atoms with Gasteiger partial charge in [-0.3, -0.25) is 0 Å². The van der Waals surface area contributed by atoms with E-state index in [0.29, 0.717) is 5.92 Å². The highest BCUT2D eigenvalue weighted by atomic mass is 19.1. The lowest BCUT2D eigenvalue weighted by atomic mass is 9.61. The molecule has 0 nitrogen and oxygen atoms in total. The molecule has 33 heavy (non-hydrogen) atoms. The van der Waals surface area contributed by atoms with Crippen LogP contribution in [0.3, 0.4) is 0 Å². The van der Waals surface area contributed by atoms with Gasteiger partial charge in [0.25, 0.3) is 0 Å². The summed E-state index contributed by atoms with van der Waals surface area (Å²) in [5.41, 5.74) is 0. The first kappa shape index (κ1) is 26.0. The highest BCUT2D eigenvalue weighted by Gasteiger charge is 2.52. The van der Waals surface area contributed by atoms with Gasteiger partial charge in [0.15, 0.2) is 0 Å². The predicted octanol–water partition coefficient (Wildman–Crippen LogP) is 10.1. The quantitative estimate of drug-likeness (QED) is 0.215. The summed E-state index contributed by atoms with van der Waals surface area (Å²) in [5, 5.41) is 0. The maximum atomic E-state index is 13.3. The lowest BCUT2D eigenvalue weighted by Gasteiger charge is -2.44. The first-order valence-corrected chi connectivity index (χ1v) is 15.6. The van der Waals surface area contributed by atoms with E-state index in [2.05, 4.69) is 34.6 Å². The molecule has 11 unspecified atom stereocenters. The minimum absolute atomic E-state index is 0.432. The van der Waals surface area contributed by atoms with Crippen molar-refractivity contribution in [2.24, 2.45) is 65.1 Å². The molecule has 0 aromatic rings. The molecule has 192 valence electrons. The molecule has 4 saturated carbocycles. The van der Waals surface area contributed by atoms with Crippen LogP contribution in [0, 0.1) is 65.1 Å². The number of alkyl halides is 1. The number of halogens is 1. The molecule has 1 heteroatoms. The SMILES string of the molecule is CCCC(CCC(C)C(CCCC1CC1F)C1CCC1)C1CCC1C1CC1C(C)C(C)CC. The van der Waals surface area contributed by atoms with Crippen molar-refractivity contribution >= 4 is 0 Å². The van der Waals surface area contributed by atoms with E-state index in [1.165, 1.54) is 77.0 Å². The fourth-order valence-corrected chi connectivity index (χ4v) is 8.41. The van der Waals surface area contributed by atoms with Crippen molar-refractivity contribution < 1.29 is 4.39 Å². The molecular weight excluding hydrogens is 403 g/mol. The summed E-state index contributed by atoms with van der Waals surface area (Å²) in [7, 11) is 0. The summed E-state index contributed by atoms with van der Waals surface area (Å²) in [5.74, 6) is 10.3. The van der Waals surface area contributed by atoms with Gasteiger partial charge in [-0.15, -0.1) is 0 Å². The average Bonchev–Trinajstić information content (AvgIpc) is 3.66. The Bertz CT molecular complexity index is 581. The molecular formula is C32H57F. The van der Waals surface area contributed by atoms with E-state index in [1.54, 1.807) is 6.42 Å². The van der Waals surface area contributed by atoms with E-state index in [4.69, 9.17) is 0 Å². The summed E-state index contributed by atoms with van der Waals surface area (Å²) >= 11 is 0. The van der Waals surface area contributed by atoms with E-state index >= 15 is 0 Å². The van der Waals surface area contributed by atoms with Crippen LogP contribution in [0.15, 0.2) is 0 Å². The van der Waals surface area contributed by atoms with Gasteiger partial charge in [0, 0.05) is 0 Å². The Labute approximate surface area is 206 Å². The second kappa shape index (κ2) is 11.8. The normalized spacial score (nSPS) is 38.0. The third-order valence-corrected chi connectivity index (χ3v) is 11.7. The van der Waals surface area contributed by atoms with Crippen LogP contribution in [0.25, 0.3) is 0 Å². The lowest BCUT2D eigenvalue weighted by Crippen LogP contribution is -2.35. The van der Waals surface area contributed by atoms with Crippen LogP contribution in [0.2, 0.25) is 0 Å². The molecule has 0 aliphatic heterocycles. The Morgan fingerprint density at radius 2 is 1.55 bits per heavy atom. The molecule has 0 heterocycles. The van der Waals surface area contributed by atoms with Crippen molar-refractivity contribution in [2.45, 2.75) is 137 Å². The molecule has 0 aromatic heterocycles. The molecule has 0 amide bonds. The molecule has 0 spiro atoms. The van der Waals surface area contributed by atoms with Crippen molar-refractivity contribution in [3.05, 3.63) is 0 Å². The lowest BCUT2D eigenvalue weighted by molar-refractivity contribution is 0.0559. The predicted molar refractivity (Wildman–Crippen MR) is 141 cm³/mol. The Morgan fingerprint density at radius 3 is 2.09 bits per heavy atom. The van der Waals surface area contributed by atoms with Gasteiger partial charge < -0.3 is 0 Å². The van der Waals surface area contributed by atoms with Crippen molar-refractivity contribution in [3.63, 3.8) is 0 Å². The standard InChI is InChI=1S/C32H57F/c1-6-10-24(28-17-18-29(28)31-20-30(31)23(5)21(3)7-2)16-15-22(4)27(25-11-8-12-25)14-9-13-26-19-32(26)33/h21-32H,6-20H2,1-5H3. The highest BCUT2D eigenvalue weighted by molar-refractivity contribution is 5.01. The summed E-state index contributed by atoms with van der Waals surface area (Å²) in [6.45, 7) is 12.4. The van der Waals surface area contributed by atoms with Gasteiger partial charge in [-0.05, 0) is 110 Å². The Kier molecular flexibility index (Phi) is 9.28. The zero-order chi connectivity index (χ0) is 23.5. The molecule has 0 bridgehead atoms. The molecule has 4 fully saturated rings. The van der Waals surface area contributed by atoms with E-state index in [9.17, 15) is 4.39 Å². The van der Waals surface area contributed by atoms with Crippen molar-refractivity contribution in [1.29, 1.82) is 0 Å². The molecule has 4 aliphatic rings. The van der Waals surface area contributed by atoms with E-state index in [0.717, 1.165) is 72.0 Å². The fourth-order valence-electron chi connectivity index (χ4n) is 8.41. The first-order valence-electron chi connectivity index (χ1n) is 15.6. The van der Waals surface area contributed by atoms with Gasteiger partial charge >= 0.3 is 0 Å². The first-order chi connectivity index (χ1) is 15.9. The maximum Gasteiger partial charge on any atom is 0.103 e. The minimum Gasteiger partial charge on any atom is -0.247 e. The van der Waals surface area contributed by atoms with Crippen LogP contribution in [0.4, 0.5) is 4.39 Å². The van der Waals surface area contributed by atoms with Crippen LogP contribution in [-0.2, 0) is 0 Å².